The molecule has 0 aromatic heterocycles. The van der Waals surface area contributed by atoms with Gasteiger partial charge in [0.2, 0.25) is 0 Å². The van der Waals surface area contributed by atoms with Crippen LogP contribution in [0.1, 0.15) is 58.3 Å². The van der Waals surface area contributed by atoms with Gasteiger partial charge in [0, 0.05) is 6.42 Å². The van der Waals surface area contributed by atoms with Crippen molar-refractivity contribution in [1.29, 1.82) is 0 Å². The lowest BCUT2D eigenvalue weighted by Crippen LogP contribution is -2.21. The van der Waals surface area contributed by atoms with Gasteiger partial charge in [-0.2, -0.15) is 0 Å². The SMILES string of the molecule is C[C@H](CC1CCCCC1)CC(CN)CC(=O)O. The quantitative estimate of drug-likeness (QED) is 0.720. The molecule has 0 saturated heterocycles. The summed E-state index contributed by atoms with van der Waals surface area (Å²) < 4.78 is 0. The Morgan fingerprint density at radius 3 is 2.53 bits per heavy atom. The molecule has 3 heteroatoms. The van der Waals surface area contributed by atoms with Crippen molar-refractivity contribution in [3.8, 4) is 0 Å². The summed E-state index contributed by atoms with van der Waals surface area (Å²) in [5, 5.41) is 8.79. The zero-order valence-corrected chi connectivity index (χ0v) is 11.0. The molecule has 2 atom stereocenters. The molecule has 17 heavy (non-hydrogen) atoms. The van der Waals surface area contributed by atoms with Crippen LogP contribution in [-0.2, 0) is 4.79 Å². The molecule has 3 N–H and O–H groups in total. The number of carboxylic acid groups (broad SMARTS) is 1. The van der Waals surface area contributed by atoms with Crippen LogP contribution < -0.4 is 5.73 Å². The van der Waals surface area contributed by atoms with E-state index in [9.17, 15) is 4.79 Å². The molecular formula is C14H27NO2. The first-order chi connectivity index (χ1) is 8.11. The van der Waals surface area contributed by atoms with Gasteiger partial charge in [-0.3, -0.25) is 4.79 Å². The first-order valence-corrected chi connectivity index (χ1v) is 7.03. The Bertz CT molecular complexity index is 224. The van der Waals surface area contributed by atoms with Crippen LogP contribution in [-0.4, -0.2) is 17.6 Å². The topological polar surface area (TPSA) is 63.3 Å². The van der Waals surface area contributed by atoms with Gasteiger partial charge in [-0.15, -0.1) is 0 Å². The first-order valence-electron chi connectivity index (χ1n) is 7.03. The third-order valence-electron chi connectivity index (χ3n) is 3.99. The highest BCUT2D eigenvalue weighted by Gasteiger charge is 2.20. The maximum absolute atomic E-state index is 10.7. The molecule has 1 fully saturated rings. The predicted octanol–water partition coefficient (Wildman–Crippen LogP) is 3.03. The maximum Gasteiger partial charge on any atom is 0.303 e. The molecule has 1 rings (SSSR count). The van der Waals surface area contributed by atoms with E-state index in [4.69, 9.17) is 10.8 Å². The van der Waals surface area contributed by atoms with E-state index in [0.29, 0.717) is 12.5 Å². The van der Waals surface area contributed by atoms with E-state index in [2.05, 4.69) is 6.92 Å². The van der Waals surface area contributed by atoms with E-state index in [-0.39, 0.29) is 12.3 Å². The van der Waals surface area contributed by atoms with Crippen molar-refractivity contribution in [2.75, 3.05) is 6.54 Å². The van der Waals surface area contributed by atoms with Gasteiger partial charge in [-0.1, -0.05) is 39.0 Å². The van der Waals surface area contributed by atoms with E-state index in [1.165, 1.54) is 38.5 Å². The maximum atomic E-state index is 10.7. The van der Waals surface area contributed by atoms with E-state index in [1.807, 2.05) is 0 Å². The van der Waals surface area contributed by atoms with Crippen LogP contribution >= 0.6 is 0 Å². The number of carboxylic acids is 1. The summed E-state index contributed by atoms with van der Waals surface area (Å²) >= 11 is 0. The van der Waals surface area contributed by atoms with E-state index in [0.717, 1.165) is 12.3 Å². The largest absolute Gasteiger partial charge is 0.481 e. The van der Waals surface area contributed by atoms with Crippen molar-refractivity contribution < 1.29 is 9.90 Å². The second kappa shape index (κ2) is 7.70. The summed E-state index contributed by atoms with van der Waals surface area (Å²) in [6.45, 7) is 2.75. The fraction of sp³-hybridized carbons (Fsp3) is 0.929. The zero-order valence-electron chi connectivity index (χ0n) is 11.0. The lowest BCUT2D eigenvalue weighted by atomic mass is 9.80. The van der Waals surface area contributed by atoms with Crippen molar-refractivity contribution in [1.82, 2.24) is 0 Å². The third kappa shape index (κ3) is 6.06. The molecule has 1 aliphatic carbocycles. The normalized spacial score (nSPS) is 21.1. The number of carbonyl (C=O) groups is 1. The summed E-state index contributed by atoms with van der Waals surface area (Å²) in [5.41, 5.74) is 5.64. The molecule has 3 nitrogen and oxygen atoms in total. The van der Waals surface area contributed by atoms with Crippen molar-refractivity contribution in [3.63, 3.8) is 0 Å². The average molecular weight is 241 g/mol. The Labute approximate surface area is 105 Å². The van der Waals surface area contributed by atoms with Crippen molar-refractivity contribution in [2.24, 2.45) is 23.5 Å². The predicted molar refractivity (Wildman–Crippen MR) is 69.8 cm³/mol. The smallest absolute Gasteiger partial charge is 0.303 e. The van der Waals surface area contributed by atoms with Crippen molar-refractivity contribution in [2.45, 2.75) is 58.3 Å². The van der Waals surface area contributed by atoms with Crippen LogP contribution in [0.25, 0.3) is 0 Å². The first kappa shape index (κ1) is 14.5. The minimum absolute atomic E-state index is 0.158. The Hall–Kier alpha value is -0.570. The van der Waals surface area contributed by atoms with Gasteiger partial charge in [-0.25, -0.2) is 0 Å². The summed E-state index contributed by atoms with van der Waals surface area (Å²) in [6, 6.07) is 0. The highest BCUT2D eigenvalue weighted by molar-refractivity contribution is 5.67. The monoisotopic (exact) mass is 241 g/mol. The van der Waals surface area contributed by atoms with Gasteiger partial charge in [0.25, 0.3) is 0 Å². The van der Waals surface area contributed by atoms with Crippen LogP contribution in [0.5, 0.6) is 0 Å². The Morgan fingerprint density at radius 2 is 2.00 bits per heavy atom. The third-order valence-corrected chi connectivity index (χ3v) is 3.99. The fourth-order valence-corrected chi connectivity index (χ4v) is 3.17. The van der Waals surface area contributed by atoms with Crippen LogP contribution in [0.3, 0.4) is 0 Å². The molecule has 0 aromatic carbocycles. The van der Waals surface area contributed by atoms with E-state index < -0.39 is 5.97 Å². The van der Waals surface area contributed by atoms with Crippen LogP contribution in [0.2, 0.25) is 0 Å². The molecule has 0 aliphatic heterocycles. The number of hydrogen-bond donors (Lipinski definition) is 2. The van der Waals surface area contributed by atoms with E-state index >= 15 is 0 Å². The Morgan fingerprint density at radius 1 is 1.35 bits per heavy atom. The highest BCUT2D eigenvalue weighted by Crippen LogP contribution is 2.31. The molecule has 0 radical (unpaired) electrons. The van der Waals surface area contributed by atoms with Crippen molar-refractivity contribution >= 4 is 5.97 Å². The van der Waals surface area contributed by atoms with Crippen molar-refractivity contribution in [3.05, 3.63) is 0 Å². The lowest BCUT2D eigenvalue weighted by Gasteiger charge is -2.26. The summed E-state index contributed by atoms with van der Waals surface area (Å²) in [4.78, 5) is 10.7. The minimum Gasteiger partial charge on any atom is -0.481 e. The van der Waals surface area contributed by atoms with Gasteiger partial charge < -0.3 is 10.8 Å². The summed E-state index contributed by atoms with van der Waals surface area (Å²) in [6.07, 6.45) is 9.36. The second-order valence-corrected chi connectivity index (χ2v) is 5.78. The Kier molecular flexibility index (Phi) is 6.56. The van der Waals surface area contributed by atoms with Crippen LogP contribution in [0.4, 0.5) is 0 Å². The fourth-order valence-electron chi connectivity index (χ4n) is 3.17. The molecule has 0 aromatic rings. The van der Waals surface area contributed by atoms with Gasteiger partial charge in [0.1, 0.15) is 0 Å². The summed E-state index contributed by atoms with van der Waals surface area (Å²) in [7, 11) is 0. The molecule has 0 amide bonds. The second-order valence-electron chi connectivity index (χ2n) is 5.78. The van der Waals surface area contributed by atoms with Gasteiger partial charge in [0.05, 0.1) is 0 Å². The molecule has 1 aliphatic rings. The van der Waals surface area contributed by atoms with Gasteiger partial charge in [-0.05, 0) is 37.1 Å². The van der Waals surface area contributed by atoms with Crippen LogP contribution in [0, 0.1) is 17.8 Å². The van der Waals surface area contributed by atoms with E-state index in [1.54, 1.807) is 0 Å². The van der Waals surface area contributed by atoms with Crippen LogP contribution in [0.15, 0.2) is 0 Å². The minimum atomic E-state index is -0.717. The number of aliphatic carboxylic acids is 1. The number of hydrogen-bond acceptors (Lipinski definition) is 2. The molecule has 1 saturated carbocycles. The number of rotatable bonds is 7. The molecule has 0 bridgehead atoms. The van der Waals surface area contributed by atoms with Gasteiger partial charge >= 0.3 is 5.97 Å². The number of nitrogens with two attached hydrogens (primary N) is 1. The van der Waals surface area contributed by atoms with Gasteiger partial charge in [0.15, 0.2) is 0 Å². The molecule has 100 valence electrons. The highest BCUT2D eigenvalue weighted by atomic mass is 16.4. The Balaban J connectivity index is 2.25. The molecule has 0 heterocycles. The lowest BCUT2D eigenvalue weighted by molar-refractivity contribution is -0.138. The molecule has 0 spiro atoms. The average Bonchev–Trinajstić information content (AvgIpc) is 2.28. The standard InChI is InChI=1S/C14H27NO2/c1-11(7-12-5-3-2-4-6-12)8-13(10-15)9-14(16)17/h11-13H,2-10,15H2,1H3,(H,16,17)/t11-,13?/m1/s1. The zero-order chi connectivity index (χ0) is 12.7. The molecular weight excluding hydrogens is 214 g/mol. The molecule has 1 unspecified atom stereocenters. The summed E-state index contributed by atoms with van der Waals surface area (Å²) in [5.74, 6) is 0.935.